The second kappa shape index (κ2) is 6.79. The summed E-state index contributed by atoms with van der Waals surface area (Å²) in [6.45, 7) is 7.96. The number of ether oxygens (including phenoxy) is 1. The maximum absolute atomic E-state index is 12.0. The minimum absolute atomic E-state index is 0.214. The molecule has 0 saturated carbocycles. The summed E-state index contributed by atoms with van der Waals surface area (Å²) in [7, 11) is 0. The van der Waals surface area contributed by atoms with Crippen LogP contribution in [0.2, 0.25) is 0 Å². The van der Waals surface area contributed by atoms with Gasteiger partial charge in [0.25, 0.3) is 0 Å². The molecule has 1 N–H and O–H groups in total. The van der Waals surface area contributed by atoms with Gasteiger partial charge < -0.3 is 15.0 Å². The minimum Gasteiger partial charge on any atom is -0.444 e. The van der Waals surface area contributed by atoms with E-state index in [0.29, 0.717) is 12.6 Å². The standard InChI is InChI=1S/C16H23BrN2O2/c1-16(2,3)21-15(20)19-8-7-14(11-19)18-10-12-5-4-6-13(17)9-12/h4-6,9,14,18H,7-8,10-11H2,1-3H3/t14-/m0/s1. The highest BCUT2D eigenvalue weighted by Crippen LogP contribution is 2.16. The van der Waals surface area contributed by atoms with Gasteiger partial charge in [-0.1, -0.05) is 28.1 Å². The van der Waals surface area contributed by atoms with E-state index in [-0.39, 0.29) is 6.09 Å². The number of benzene rings is 1. The fourth-order valence-corrected chi connectivity index (χ4v) is 2.77. The Bertz CT molecular complexity index is 499. The summed E-state index contributed by atoms with van der Waals surface area (Å²) in [5.41, 5.74) is 0.805. The van der Waals surface area contributed by atoms with Crippen molar-refractivity contribution in [1.29, 1.82) is 0 Å². The zero-order valence-corrected chi connectivity index (χ0v) is 14.4. The number of rotatable bonds is 3. The molecule has 1 aliphatic rings. The van der Waals surface area contributed by atoms with E-state index in [1.807, 2.05) is 32.9 Å². The van der Waals surface area contributed by atoms with Crippen molar-refractivity contribution in [3.8, 4) is 0 Å². The van der Waals surface area contributed by atoms with E-state index < -0.39 is 5.60 Å². The smallest absolute Gasteiger partial charge is 0.410 e. The Hall–Kier alpha value is -1.07. The van der Waals surface area contributed by atoms with Crippen LogP contribution in [0.25, 0.3) is 0 Å². The molecule has 4 nitrogen and oxygen atoms in total. The number of carbonyl (C=O) groups excluding carboxylic acids is 1. The van der Waals surface area contributed by atoms with Crippen LogP contribution in [0.3, 0.4) is 0 Å². The van der Waals surface area contributed by atoms with Crippen molar-refractivity contribution in [1.82, 2.24) is 10.2 Å². The lowest BCUT2D eigenvalue weighted by Gasteiger charge is -2.24. The van der Waals surface area contributed by atoms with Crippen molar-refractivity contribution in [2.45, 2.75) is 45.4 Å². The zero-order valence-electron chi connectivity index (χ0n) is 12.9. The first-order valence-corrected chi connectivity index (χ1v) is 8.08. The highest BCUT2D eigenvalue weighted by Gasteiger charge is 2.29. The molecule has 1 amide bonds. The summed E-state index contributed by atoms with van der Waals surface area (Å²) >= 11 is 3.47. The summed E-state index contributed by atoms with van der Waals surface area (Å²) in [4.78, 5) is 13.8. The predicted octanol–water partition coefficient (Wildman–Crippen LogP) is 3.55. The lowest BCUT2D eigenvalue weighted by atomic mass is 10.2. The quantitative estimate of drug-likeness (QED) is 0.902. The molecule has 116 valence electrons. The molecule has 21 heavy (non-hydrogen) atoms. The summed E-state index contributed by atoms with van der Waals surface area (Å²) < 4.78 is 6.49. The molecular weight excluding hydrogens is 332 g/mol. The highest BCUT2D eigenvalue weighted by atomic mass is 79.9. The van der Waals surface area contributed by atoms with Crippen LogP contribution in [0, 0.1) is 0 Å². The summed E-state index contributed by atoms with van der Waals surface area (Å²) in [6, 6.07) is 8.58. The molecule has 5 heteroatoms. The van der Waals surface area contributed by atoms with Gasteiger partial charge in [0.2, 0.25) is 0 Å². The lowest BCUT2D eigenvalue weighted by molar-refractivity contribution is 0.0291. The Balaban J connectivity index is 1.79. The van der Waals surface area contributed by atoms with Gasteiger partial charge in [0.1, 0.15) is 5.60 Å². The van der Waals surface area contributed by atoms with Crippen molar-refractivity contribution in [2.75, 3.05) is 13.1 Å². The van der Waals surface area contributed by atoms with Crippen LogP contribution in [-0.2, 0) is 11.3 Å². The third-order valence-corrected chi connectivity index (χ3v) is 3.82. The number of likely N-dealkylation sites (tertiary alicyclic amines) is 1. The molecule has 0 spiro atoms. The number of carbonyl (C=O) groups is 1. The van der Waals surface area contributed by atoms with Gasteiger partial charge in [-0.3, -0.25) is 0 Å². The fourth-order valence-electron chi connectivity index (χ4n) is 2.33. The molecule has 1 fully saturated rings. The second-order valence-corrected chi connectivity index (χ2v) is 7.34. The summed E-state index contributed by atoms with van der Waals surface area (Å²) in [6.07, 6.45) is 0.752. The average molecular weight is 355 g/mol. The number of halogens is 1. The molecule has 1 aromatic rings. The summed E-state index contributed by atoms with van der Waals surface area (Å²) in [5.74, 6) is 0. The third-order valence-electron chi connectivity index (χ3n) is 3.32. The van der Waals surface area contributed by atoms with E-state index in [1.54, 1.807) is 4.90 Å². The Kier molecular flexibility index (Phi) is 5.27. The largest absolute Gasteiger partial charge is 0.444 e. The average Bonchev–Trinajstić information content (AvgIpc) is 2.83. The Morgan fingerprint density at radius 2 is 2.24 bits per heavy atom. The molecule has 0 bridgehead atoms. The monoisotopic (exact) mass is 354 g/mol. The van der Waals surface area contributed by atoms with E-state index in [9.17, 15) is 4.79 Å². The van der Waals surface area contributed by atoms with Crippen molar-refractivity contribution in [3.63, 3.8) is 0 Å². The van der Waals surface area contributed by atoms with Gasteiger partial charge in [0.15, 0.2) is 0 Å². The van der Waals surface area contributed by atoms with Crippen molar-refractivity contribution in [3.05, 3.63) is 34.3 Å². The van der Waals surface area contributed by atoms with Crippen LogP contribution < -0.4 is 5.32 Å². The molecule has 0 aliphatic carbocycles. The third kappa shape index (κ3) is 5.32. The van der Waals surface area contributed by atoms with Crippen LogP contribution in [0.4, 0.5) is 4.79 Å². The maximum Gasteiger partial charge on any atom is 0.410 e. The second-order valence-electron chi connectivity index (χ2n) is 6.42. The molecule has 2 rings (SSSR count). The van der Waals surface area contributed by atoms with E-state index in [2.05, 4.69) is 33.4 Å². The molecule has 1 heterocycles. The first kappa shape index (κ1) is 16.3. The Morgan fingerprint density at radius 3 is 2.90 bits per heavy atom. The van der Waals surface area contributed by atoms with Crippen LogP contribution >= 0.6 is 15.9 Å². The van der Waals surface area contributed by atoms with Gasteiger partial charge in [-0.25, -0.2) is 4.79 Å². The topological polar surface area (TPSA) is 41.6 Å². The van der Waals surface area contributed by atoms with Gasteiger partial charge >= 0.3 is 6.09 Å². The van der Waals surface area contributed by atoms with Gasteiger partial charge in [-0.2, -0.15) is 0 Å². The van der Waals surface area contributed by atoms with Crippen molar-refractivity contribution >= 4 is 22.0 Å². The lowest BCUT2D eigenvalue weighted by Crippen LogP contribution is -2.38. The number of hydrogen-bond donors (Lipinski definition) is 1. The molecule has 0 aromatic heterocycles. The van der Waals surface area contributed by atoms with Crippen LogP contribution in [0.15, 0.2) is 28.7 Å². The van der Waals surface area contributed by atoms with E-state index >= 15 is 0 Å². The van der Waals surface area contributed by atoms with Gasteiger partial charge in [-0.15, -0.1) is 0 Å². The van der Waals surface area contributed by atoms with E-state index in [4.69, 9.17) is 4.74 Å². The minimum atomic E-state index is -0.432. The number of nitrogens with one attached hydrogen (secondary N) is 1. The van der Waals surface area contributed by atoms with E-state index in [0.717, 1.165) is 24.0 Å². The summed E-state index contributed by atoms with van der Waals surface area (Å²) in [5, 5.41) is 3.50. The highest BCUT2D eigenvalue weighted by molar-refractivity contribution is 9.10. The molecular formula is C16H23BrN2O2. The molecule has 1 saturated heterocycles. The first-order valence-electron chi connectivity index (χ1n) is 7.29. The first-order chi connectivity index (χ1) is 9.83. The normalized spacial score (nSPS) is 18.9. The van der Waals surface area contributed by atoms with Crippen LogP contribution in [0.5, 0.6) is 0 Å². The van der Waals surface area contributed by atoms with Gasteiger partial charge in [-0.05, 0) is 44.9 Å². The van der Waals surface area contributed by atoms with Gasteiger partial charge in [0.05, 0.1) is 0 Å². The molecule has 0 unspecified atom stereocenters. The predicted molar refractivity (Wildman–Crippen MR) is 87.2 cm³/mol. The van der Waals surface area contributed by atoms with Crippen molar-refractivity contribution < 1.29 is 9.53 Å². The van der Waals surface area contributed by atoms with Crippen LogP contribution in [-0.4, -0.2) is 35.7 Å². The molecule has 1 aliphatic heterocycles. The van der Waals surface area contributed by atoms with E-state index in [1.165, 1.54) is 5.56 Å². The molecule has 1 aromatic carbocycles. The Morgan fingerprint density at radius 1 is 1.48 bits per heavy atom. The molecule has 1 atom stereocenters. The van der Waals surface area contributed by atoms with Crippen LogP contribution in [0.1, 0.15) is 32.8 Å². The Labute approximate surface area is 135 Å². The number of nitrogens with zero attached hydrogens (tertiary/aromatic N) is 1. The molecule has 0 radical (unpaired) electrons. The van der Waals surface area contributed by atoms with Gasteiger partial charge in [0, 0.05) is 30.1 Å². The SMILES string of the molecule is CC(C)(C)OC(=O)N1CC[C@H](NCc2cccc(Br)c2)C1. The fraction of sp³-hybridized carbons (Fsp3) is 0.562. The number of hydrogen-bond acceptors (Lipinski definition) is 3. The zero-order chi connectivity index (χ0) is 15.5. The maximum atomic E-state index is 12.0. The number of amides is 1. The van der Waals surface area contributed by atoms with Crippen molar-refractivity contribution in [2.24, 2.45) is 0 Å².